The van der Waals surface area contributed by atoms with E-state index in [1.807, 2.05) is 18.2 Å². The van der Waals surface area contributed by atoms with E-state index in [9.17, 15) is 14.4 Å². The maximum atomic E-state index is 12.3. The molecule has 176 valence electrons. The normalized spacial score (nSPS) is 10.8. The number of thioether (sulfide) groups is 1. The molecular formula is C23H22ClN5O4S. The SMILES string of the molecule is COC(=O)c1cccc(NC(=O)CSc2nnc(CNC(=O)/C=C/c3ccccc3Cl)n2C)c1. The zero-order chi connectivity index (χ0) is 24.5. The van der Waals surface area contributed by atoms with E-state index < -0.39 is 5.97 Å². The lowest BCUT2D eigenvalue weighted by atomic mass is 10.2. The van der Waals surface area contributed by atoms with Gasteiger partial charge >= 0.3 is 5.97 Å². The number of benzene rings is 2. The molecule has 2 aromatic carbocycles. The number of anilines is 1. The first-order chi connectivity index (χ1) is 16.4. The second-order valence-corrected chi connectivity index (χ2v) is 8.29. The van der Waals surface area contributed by atoms with Crippen LogP contribution in [0.2, 0.25) is 5.02 Å². The maximum absolute atomic E-state index is 12.3. The van der Waals surface area contributed by atoms with Crippen molar-refractivity contribution in [3.8, 4) is 0 Å². The van der Waals surface area contributed by atoms with Crippen LogP contribution in [0.15, 0.2) is 59.8 Å². The molecular weight excluding hydrogens is 478 g/mol. The number of halogens is 1. The van der Waals surface area contributed by atoms with Gasteiger partial charge in [0, 0.05) is 23.8 Å². The Kier molecular flexibility index (Phi) is 8.83. The fourth-order valence-corrected chi connectivity index (χ4v) is 3.72. The van der Waals surface area contributed by atoms with Crippen molar-refractivity contribution >= 4 is 52.9 Å². The Bertz CT molecular complexity index is 1230. The second kappa shape index (κ2) is 12.0. The topological polar surface area (TPSA) is 115 Å². The van der Waals surface area contributed by atoms with E-state index in [4.69, 9.17) is 11.6 Å². The van der Waals surface area contributed by atoms with Gasteiger partial charge in [0.25, 0.3) is 0 Å². The number of amides is 2. The average Bonchev–Trinajstić information content (AvgIpc) is 3.19. The molecule has 3 aromatic rings. The Labute approximate surface area is 205 Å². The van der Waals surface area contributed by atoms with Crippen LogP contribution in [-0.2, 0) is 27.9 Å². The van der Waals surface area contributed by atoms with Crippen LogP contribution in [0.4, 0.5) is 5.69 Å². The highest BCUT2D eigenvalue weighted by atomic mass is 35.5. The van der Waals surface area contributed by atoms with Crippen molar-refractivity contribution in [2.24, 2.45) is 7.05 Å². The Balaban J connectivity index is 1.49. The van der Waals surface area contributed by atoms with Gasteiger partial charge in [0.05, 0.1) is 25.0 Å². The zero-order valence-electron chi connectivity index (χ0n) is 18.4. The molecule has 0 aliphatic carbocycles. The molecule has 0 aliphatic rings. The van der Waals surface area contributed by atoms with Crippen LogP contribution in [0.5, 0.6) is 0 Å². The number of ether oxygens (including phenoxy) is 1. The van der Waals surface area contributed by atoms with Crippen LogP contribution in [-0.4, -0.2) is 45.4 Å². The van der Waals surface area contributed by atoms with Crippen molar-refractivity contribution in [1.82, 2.24) is 20.1 Å². The van der Waals surface area contributed by atoms with Gasteiger partial charge in [-0.1, -0.05) is 47.6 Å². The molecule has 1 aromatic heterocycles. The van der Waals surface area contributed by atoms with E-state index in [-0.39, 0.29) is 24.1 Å². The number of nitrogens with zero attached hydrogens (tertiary/aromatic N) is 3. The van der Waals surface area contributed by atoms with Crippen molar-refractivity contribution in [1.29, 1.82) is 0 Å². The van der Waals surface area contributed by atoms with Gasteiger partial charge < -0.3 is 19.9 Å². The van der Waals surface area contributed by atoms with Gasteiger partial charge in [-0.05, 0) is 35.9 Å². The summed E-state index contributed by atoms with van der Waals surface area (Å²) in [5.41, 5.74) is 1.57. The highest BCUT2D eigenvalue weighted by Gasteiger charge is 2.13. The van der Waals surface area contributed by atoms with Crippen LogP contribution in [0.1, 0.15) is 21.7 Å². The number of methoxy groups -OCH3 is 1. The number of carbonyl (C=O) groups excluding carboxylic acids is 3. The number of aromatic nitrogens is 3. The van der Waals surface area contributed by atoms with Gasteiger partial charge in [-0.2, -0.15) is 0 Å². The quantitative estimate of drug-likeness (QED) is 0.263. The molecule has 2 N–H and O–H groups in total. The van der Waals surface area contributed by atoms with Crippen LogP contribution in [0.3, 0.4) is 0 Å². The van der Waals surface area contributed by atoms with E-state index >= 15 is 0 Å². The summed E-state index contributed by atoms with van der Waals surface area (Å²) in [4.78, 5) is 36.0. The summed E-state index contributed by atoms with van der Waals surface area (Å²) >= 11 is 7.27. The number of hydrogen-bond acceptors (Lipinski definition) is 7. The van der Waals surface area contributed by atoms with Crippen LogP contribution in [0, 0.1) is 0 Å². The van der Waals surface area contributed by atoms with Crippen LogP contribution in [0.25, 0.3) is 6.08 Å². The molecule has 0 unspecified atom stereocenters. The predicted octanol–water partition coefficient (Wildman–Crippen LogP) is 3.32. The number of nitrogens with one attached hydrogen (secondary N) is 2. The van der Waals surface area contributed by atoms with Gasteiger partial charge in [0.2, 0.25) is 11.8 Å². The van der Waals surface area contributed by atoms with Crippen molar-refractivity contribution in [3.63, 3.8) is 0 Å². The molecule has 0 bridgehead atoms. The van der Waals surface area contributed by atoms with E-state index in [2.05, 4.69) is 25.6 Å². The Morgan fingerprint density at radius 3 is 2.71 bits per heavy atom. The third kappa shape index (κ3) is 6.93. The number of rotatable bonds is 9. The van der Waals surface area contributed by atoms with Crippen LogP contribution < -0.4 is 10.6 Å². The molecule has 0 radical (unpaired) electrons. The summed E-state index contributed by atoms with van der Waals surface area (Å²) in [7, 11) is 3.05. The van der Waals surface area contributed by atoms with Gasteiger partial charge in [0.1, 0.15) is 0 Å². The Morgan fingerprint density at radius 1 is 1.15 bits per heavy atom. The Hall–Kier alpha value is -3.63. The fourth-order valence-electron chi connectivity index (χ4n) is 2.79. The number of carbonyl (C=O) groups is 3. The highest BCUT2D eigenvalue weighted by Crippen LogP contribution is 2.18. The summed E-state index contributed by atoms with van der Waals surface area (Å²) < 4.78 is 6.38. The van der Waals surface area contributed by atoms with Crippen molar-refractivity contribution in [3.05, 3.63) is 76.6 Å². The minimum absolute atomic E-state index is 0.0847. The molecule has 3 rings (SSSR count). The van der Waals surface area contributed by atoms with Crippen molar-refractivity contribution in [2.75, 3.05) is 18.2 Å². The van der Waals surface area contributed by atoms with Gasteiger partial charge in [-0.15, -0.1) is 10.2 Å². The number of hydrogen-bond donors (Lipinski definition) is 2. The summed E-state index contributed by atoms with van der Waals surface area (Å²) in [6.07, 6.45) is 3.03. The van der Waals surface area contributed by atoms with Gasteiger partial charge in [0.15, 0.2) is 11.0 Å². The molecule has 0 saturated heterocycles. The molecule has 0 atom stereocenters. The van der Waals surface area contributed by atoms with Gasteiger partial charge in [-0.3, -0.25) is 9.59 Å². The monoisotopic (exact) mass is 499 g/mol. The second-order valence-electron chi connectivity index (χ2n) is 6.94. The molecule has 2 amide bonds. The van der Waals surface area contributed by atoms with Crippen molar-refractivity contribution in [2.45, 2.75) is 11.7 Å². The molecule has 0 fully saturated rings. The minimum atomic E-state index is -0.483. The molecule has 0 saturated carbocycles. The first-order valence-electron chi connectivity index (χ1n) is 10.1. The minimum Gasteiger partial charge on any atom is -0.465 e. The largest absolute Gasteiger partial charge is 0.465 e. The molecule has 9 nitrogen and oxygen atoms in total. The fraction of sp³-hybridized carbons (Fsp3) is 0.174. The standard InChI is InChI=1S/C23H22ClN5O4S/c1-29-19(13-25-20(30)11-10-15-6-3-4-9-18(15)24)27-28-23(29)34-14-21(31)26-17-8-5-7-16(12-17)22(32)33-2/h3-12H,13-14H2,1-2H3,(H,25,30)(H,26,31)/b11-10+. The highest BCUT2D eigenvalue weighted by molar-refractivity contribution is 7.99. The van der Waals surface area contributed by atoms with E-state index in [0.717, 1.165) is 5.56 Å². The summed E-state index contributed by atoms with van der Waals surface area (Å²) in [5, 5.41) is 14.7. The lowest BCUT2D eigenvalue weighted by Crippen LogP contribution is -2.22. The number of esters is 1. The molecule has 0 spiro atoms. The molecule has 1 heterocycles. The zero-order valence-corrected chi connectivity index (χ0v) is 20.0. The molecule has 34 heavy (non-hydrogen) atoms. The van der Waals surface area contributed by atoms with E-state index in [0.29, 0.717) is 27.3 Å². The predicted molar refractivity (Wildman–Crippen MR) is 130 cm³/mol. The smallest absolute Gasteiger partial charge is 0.337 e. The lowest BCUT2D eigenvalue weighted by molar-refractivity contribution is -0.116. The summed E-state index contributed by atoms with van der Waals surface area (Å²) in [5.74, 6) is -0.432. The van der Waals surface area contributed by atoms with E-state index in [1.165, 1.54) is 31.0 Å². The summed E-state index contributed by atoms with van der Waals surface area (Å²) in [6, 6.07) is 13.7. The maximum Gasteiger partial charge on any atom is 0.337 e. The molecule has 11 heteroatoms. The van der Waals surface area contributed by atoms with Crippen LogP contribution >= 0.6 is 23.4 Å². The lowest BCUT2D eigenvalue weighted by Gasteiger charge is -2.07. The summed E-state index contributed by atoms with van der Waals surface area (Å²) in [6.45, 7) is 0.169. The average molecular weight is 500 g/mol. The first-order valence-corrected chi connectivity index (χ1v) is 11.4. The molecule has 0 aliphatic heterocycles. The van der Waals surface area contributed by atoms with Crippen molar-refractivity contribution < 1.29 is 19.1 Å². The first kappa shape index (κ1) is 25.0. The van der Waals surface area contributed by atoms with E-state index in [1.54, 1.807) is 42.0 Å². The van der Waals surface area contributed by atoms with Gasteiger partial charge in [-0.25, -0.2) is 4.79 Å². The third-order valence-electron chi connectivity index (χ3n) is 4.57. The Morgan fingerprint density at radius 2 is 1.94 bits per heavy atom. The third-order valence-corrected chi connectivity index (χ3v) is 5.93.